The molecule has 142 valence electrons. The molecule has 3 aromatic carbocycles. The average molecular weight is 375 g/mol. The molecule has 1 amide bonds. The molecule has 0 aliphatic heterocycles. The van der Waals surface area contributed by atoms with Gasteiger partial charge in [-0.1, -0.05) is 54.6 Å². The van der Waals surface area contributed by atoms with Crippen LogP contribution in [0.1, 0.15) is 11.1 Å². The van der Waals surface area contributed by atoms with E-state index in [1.807, 2.05) is 61.5 Å². The average Bonchev–Trinajstić information content (AvgIpc) is 2.70. The van der Waals surface area contributed by atoms with Crippen molar-refractivity contribution in [1.82, 2.24) is 0 Å². The van der Waals surface area contributed by atoms with Crippen LogP contribution in [0, 0.1) is 24.0 Å². The van der Waals surface area contributed by atoms with Crippen LogP contribution >= 0.6 is 0 Å². The Morgan fingerprint density at radius 2 is 1.64 bits per heavy atom. The number of aryl methyl sites for hydroxylation is 1. The van der Waals surface area contributed by atoms with Crippen molar-refractivity contribution in [3.8, 4) is 11.1 Å². The van der Waals surface area contributed by atoms with Gasteiger partial charge in [0.2, 0.25) is 5.91 Å². The Hall–Kier alpha value is -3.67. The summed E-state index contributed by atoms with van der Waals surface area (Å²) in [7, 11) is 0. The molecule has 0 spiro atoms. The molecule has 2 N–H and O–H groups in total. The molecule has 0 aliphatic carbocycles. The molecular formula is C22H21N3O3. The molecule has 0 bridgehead atoms. The van der Waals surface area contributed by atoms with Gasteiger partial charge in [-0.2, -0.15) is 0 Å². The number of para-hydroxylation sites is 1. The third-order valence-electron chi connectivity index (χ3n) is 4.63. The van der Waals surface area contributed by atoms with Crippen molar-refractivity contribution in [2.75, 3.05) is 17.2 Å². The first-order valence-electron chi connectivity index (χ1n) is 8.90. The quantitative estimate of drug-likeness (QED) is 0.473. The van der Waals surface area contributed by atoms with Crippen molar-refractivity contribution in [2.45, 2.75) is 13.8 Å². The van der Waals surface area contributed by atoms with Gasteiger partial charge in [-0.3, -0.25) is 14.9 Å². The summed E-state index contributed by atoms with van der Waals surface area (Å²) in [4.78, 5) is 23.3. The topological polar surface area (TPSA) is 84.3 Å². The van der Waals surface area contributed by atoms with Crippen molar-refractivity contribution < 1.29 is 9.72 Å². The summed E-state index contributed by atoms with van der Waals surface area (Å²) in [5.41, 5.74) is 4.54. The molecule has 3 aromatic rings. The predicted octanol–water partition coefficient (Wildman–Crippen LogP) is 4.93. The second-order valence-electron chi connectivity index (χ2n) is 6.47. The van der Waals surface area contributed by atoms with Crippen LogP contribution in [0.4, 0.5) is 17.1 Å². The lowest BCUT2D eigenvalue weighted by molar-refractivity contribution is -0.384. The predicted molar refractivity (Wildman–Crippen MR) is 112 cm³/mol. The van der Waals surface area contributed by atoms with E-state index in [-0.39, 0.29) is 23.8 Å². The van der Waals surface area contributed by atoms with Crippen molar-refractivity contribution >= 4 is 23.0 Å². The monoisotopic (exact) mass is 375 g/mol. The van der Waals surface area contributed by atoms with Gasteiger partial charge in [-0.25, -0.2) is 0 Å². The van der Waals surface area contributed by atoms with Crippen LogP contribution in [0.3, 0.4) is 0 Å². The van der Waals surface area contributed by atoms with Gasteiger partial charge in [0.25, 0.3) is 5.69 Å². The number of nitro groups is 1. The number of nitro benzene ring substituents is 1. The molecule has 0 fully saturated rings. The summed E-state index contributed by atoms with van der Waals surface area (Å²) < 4.78 is 0. The first-order chi connectivity index (χ1) is 13.5. The Bertz CT molecular complexity index is 1020. The first-order valence-corrected chi connectivity index (χ1v) is 8.90. The lowest BCUT2D eigenvalue weighted by Gasteiger charge is -2.14. The molecule has 0 unspecified atom stereocenters. The molecule has 0 heterocycles. The molecule has 0 aliphatic rings. The second-order valence-corrected chi connectivity index (χ2v) is 6.47. The Morgan fingerprint density at radius 1 is 0.964 bits per heavy atom. The van der Waals surface area contributed by atoms with Crippen molar-refractivity contribution in [3.63, 3.8) is 0 Å². The Labute approximate surface area is 163 Å². The highest BCUT2D eigenvalue weighted by molar-refractivity contribution is 5.97. The fraction of sp³-hybridized carbons (Fsp3) is 0.136. The minimum Gasteiger partial charge on any atom is -0.376 e. The molecule has 0 atom stereocenters. The van der Waals surface area contributed by atoms with E-state index in [0.717, 1.165) is 22.4 Å². The number of anilines is 2. The third kappa shape index (κ3) is 4.17. The maximum Gasteiger partial charge on any atom is 0.293 e. The normalized spacial score (nSPS) is 10.4. The fourth-order valence-electron chi connectivity index (χ4n) is 2.98. The standard InChI is InChI=1S/C22H21N3O3/c1-15-12-13-20(25(27)28)22(16(15)2)24-21(26)14-23-19-11-7-6-10-18(19)17-8-4-3-5-9-17/h3-13,23H,14H2,1-2H3,(H,24,26). The second kappa shape index (κ2) is 8.35. The summed E-state index contributed by atoms with van der Waals surface area (Å²) in [6.07, 6.45) is 0. The van der Waals surface area contributed by atoms with Crippen LogP contribution in [0.2, 0.25) is 0 Å². The molecule has 28 heavy (non-hydrogen) atoms. The first kappa shape index (κ1) is 19.1. The molecule has 0 aromatic heterocycles. The molecular weight excluding hydrogens is 354 g/mol. The number of nitrogens with one attached hydrogen (secondary N) is 2. The van der Waals surface area contributed by atoms with Gasteiger partial charge in [0.15, 0.2) is 0 Å². The largest absolute Gasteiger partial charge is 0.376 e. The highest BCUT2D eigenvalue weighted by Crippen LogP contribution is 2.30. The van der Waals surface area contributed by atoms with Crippen molar-refractivity contribution in [3.05, 3.63) is 88.0 Å². The molecule has 0 saturated heterocycles. The highest BCUT2D eigenvalue weighted by atomic mass is 16.6. The van der Waals surface area contributed by atoms with Crippen LogP contribution in [0.15, 0.2) is 66.7 Å². The summed E-state index contributed by atoms with van der Waals surface area (Å²) in [5, 5.41) is 17.1. The Kier molecular flexibility index (Phi) is 5.69. The van der Waals surface area contributed by atoms with Gasteiger partial charge in [-0.05, 0) is 36.6 Å². The molecule has 6 heteroatoms. The summed E-state index contributed by atoms with van der Waals surface area (Å²) in [6, 6.07) is 20.7. The van der Waals surface area contributed by atoms with E-state index in [0.29, 0.717) is 5.56 Å². The van der Waals surface area contributed by atoms with Crippen LogP contribution in [0.25, 0.3) is 11.1 Å². The zero-order valence-electron chi connectivity index (χ0n) is 15.7. The summed E-state index contributed by atoms with van der Waals surface area (Å²) in [6.45, 7) is 3.60. The minimum atomic E-state index is -0.486. The van der Waals surface area contributed by atoms with Crippen LogP contribution in [0.5, 0.6) is 0 Å². The smallest absolute Gasteiger partial charge is 0.293 e. The Balaban J connectivity index is 1.77. The van der Waals surface area contributed by atoms with E-state index >= 15 is 0 Å². The van der Waals surface area contributed by atoms with Crippen molar-refractivity contribution in [2.24, 2.45) is 0 Å². The molecule has 6 nitrogen and oxygen atoms in total. The van der Waals surface area contributed by atoms with E-state index in [1.165, 1.54) is 6.07 Å². The number of hydrogen-bond acceptors (Lipinski definition) is 4. The van der Waals surface area contributed by atoms with Gasteiger partial charge in [0, 0.05) is 17.3 Å². The minimum absolute atomic E-state index is 0.00557. The molecule has 3 rings (SSSR count). The van der Waals surface area contributed by atoms with Gasteiger partial charge in [0.05, 0.1) is 11.5 Å². The maximum absolute atomic E-state index is 12.5. The third-order valence-corrected chi connectivity index (χ3v) is 4.63. The van der Waals surface area contributed by atoms with Crippen LogP contribution in [-0.2, 0) is 4.79 Å². The summed E-state index contributed by atoms with van der Waals surface area (Å²) in [5.74, 6) is -0.348. The lowest BCUT2D eigenvalue weighted by Crippen LogP contribution is -2.23. The van der Waals surface area contributed by atoms with E-state index in [9.17, 15) is 14.9 Å². The van der Waals surface area contributed by atoms with E-state index in [1.54, 1.807) is 13.0 Å². The highest BCUT2D eigenvalue weighted by Gasteiger charge is 2.19. The van der Waals surface area contributed by atoms with E-state index in [4.69, 9.17) is 0 Å². The van der Waals surface area contributed by atoms with Gasteiger partial charge < -0.3 is 10.6 Å². The molecule has 0 saturated carbocycles. The van der Waals surface area contributed by atoms with E-state index in [2.05, 4.69) is 10.6 Å². The number of nitrogens with zero attached hydrogens (tertiary/aromatic N) is 1. The van der Waals surface area contributed by atoms with Gasteiger partial charge in [0.1, 0.15) is 5.69 Å². The van der Waals surface area contributed by atoms with Crippen LogP contribution < -0.4 is 10.6 Å². The number of benzene rings is 3. The number of carbonyl (C=O) groups excluding carboxylic acids is 1. The number of hydrogen-bond donors (Lipinski definition) is 2. The Morgan fingerprint density at radius 3 is 2.36 bits per heavy atom. The SMILES string of the molecule is Cc1ccc([N+](=O)[O-])c(NC(=O)CNc2ccccc2-c2ccccc2)c1C. The zero-order valence-corrected chi connectivity index (χ0v) is 15.7. The zero-order chi connectivity index (χ0) is 20.1. The van der Waals surface area contributed by atoms with Crippen molar-refractivity contribution in [1.29, 1.82) is 0 Å². The van der Waals surface area contributed by atoms with Crippen LogP contribution in [-0.4, -0.2) is 17.4 Å². The lowest BCUT2D eigenvalue weighted by atomic mass is 10.0. The number of carbonyl (C=O) groups is 1. The number of amides is 1. The maximum atomic E-state index is 12.5. The fourth-order valence-corrected chi connectivity index (χ4v) is 2.98. The van der Waals surface area contributed by atoms with Gasteiger partial charge >= 0.3 is 0 Å². The molecule has 0 radical (unpaired) electrons. The van der Waals surface area contributed by atoms with E-state index < -0.39 is 4.92 Å². The van der Waals surface area contributed by atoms with Gasteiger partial charge in [-0.15, -0.1) is 0 Å². The summed E-state index contributed by atoms with van der Waals surface area (Å²) >= 11 is 0. The number of rotatable bonds is 6.